The van der Waals surface area contributed by atoms with Crippen LogP contribution >= 0.6 is 0 Å². The number of nitrogens with one attached hydrogen (secondary N) is 1. The quantitative estimate of drug-likeness (QED) is 0.797. The molecule has 1 fully saturated rings. The van der Waals surface area contributed by atoms with Gasteiger partial charge in [-0.25, -0.2) is 0 Å². The van der Waals surface area contributed by atoms with Crippen molar-refractivity contribution in [2.45, 2.75) is 38.8 Å². The van der Waals surface area contributed by atoms with Crippen LogP contribution < -0.4 is 10.2 Å². The van der Waals surface area contributed by atoms with Gasteiger partial charge in [0.05, 0.1) is 5.60 Å². The van der Waals surface area contributed by atoms with Crippen molar-refractivity contribution in [2.24, 2.45) is 0 Å². The van der Waals surface area contributed by atoms with Gasteiger partial charge in [0.1, 0.15) is 0 Å². The summed E-state index contributed by atoms with van der Waals surface area (Å²) in [7, 11) is 0. The zero-order chi connectivity index (χ0) is 13.4. The highest BCUT2D eigenvalue weighted by Crippen LogP contribution is 2.30. The third-order valence-electron chi connectivity index (χ3n) is 3.70. The number of hydrogen-bond acceptors (Lipinski definition) is 3. The molecule has 0 saturated carbocycles. The molecule has 1 aliphatic rings. The van der Waals surface area contributed by atoms with Gasteiger partial charge in [-0.15, -0.1) is 0 Å². The molecule has 0 aromatic heterocycles. The van der Waals surface area contributed by atoms with Crippen molar-refractivity contribution in [3.63, 3.8) is 0 Å². The normalized spacial score (nSPS) is 27.9. The maximum absolute atomic E-state index is 10.4. The van der Waals surface area contributed by atoms with Gasteiger partial charge in [-0.05, 0) is 39.3 Å². The topological polar surface area (TPSA) is 35.5 Å². The predicted molar refractivity (Wildman–Crippen MR) is 76.1 cm³/mol. The van der Waals surface area contributed by atoms with E-state index in [2.05, 4.69) is 55.3 Å². The molecule has 0 aliphatic carbocycles. The Morgan fingerprint density at radius 1 is 1.17 bits per heavy atom. The minimum atomic E-state index is -0.698. The molecule has 1 aliphatic heterocycles. The zero-order valence-electron chi connectivity index (χ0n) is 11.8. The van der Waals surface area contributed by atoms with Gasteiger partial charge >= 0.3 is 0 Å². The summed E-state index contributed by atoms with van der Waals surface area (Å²) < 4.78 is 0. The van der Waals surface area contributed by atoms with Gasteiger partial charge in [-0.1, -0.05) is 18.2 Å². The van der Waals surface area contributed by atoms with Crippen LogP contribution in [0.5, 0.6) is 0 Å². The second-order valence-electron chi connectivity index (χ2n) is 6.29. The predicted octanol–water partition coefficient (Wildman–Crippen LogP) is 1.93. The van der Waals surface area contributed by atoms with Gasteiger partial charge in [0.2, 0.25) is 0 Å². The lowest BCUT2D eigenvalue weighted by Gasteiger charge is -2.41. The largest absolute Gasteiger partial charge is 0.387 e. The summed E-state index contributed by atoms with van der Waals surface area (Å²) in [6, 6.07) is 8.38. The summed E-state index contributed by atoms with van der Waals surface area (Å²) >= 11 is 0. The number of nitrogens with zero attached hydrogens (tertiary/aromatic N) is 1. The molecular formula is C15H24N2O. The van der Waals surface area contributed by atoms with Crippen LogP contribution in [-0.4, -0.2) is 35.9 Å². The van der Waals surface area contributed by atoms with E-state index in [0.29, 0.717) is 13.1 Å². The molecule has 0 bridgehead atoms. The molecule has 100 valence electrons. The third kappa shape index (κ3) is 2.68. The number of aliphatic hydroxyl groups is 1. The molecule has 3 heteroatoms. The van der Waals surface area contributed by atoms with Gasteiger partial charge < -0.3 is 15.3 Å². The monoisotopic (exact) mass is 248 g/mol. The summed E-state index contributed by atoms with van der Waals surface area (Å²) in [6.07, 6.45) is 0. The van der Waals surface area contributed by atoms with Gasteiger partial charge in [0.25, 0.3) is 0 Å². The average Bonchev–Trinajstić information content (AvgIpc) is 2.36. The Bertz CT molecular complexity index is 426. The number of hydrogen-bond donors (Lipinski definition) is 2. The molecule has 18 heavy (non-hydrogen) atoms. The summed E-state index contributed by atoms with van der Waals surface area (Å²) in [6.45, 7) is 10.6. The van der Waals surface area contributed by atoms with Crippen LogP contribution in [0, 0.1) is 6.92 Å². The number of para-hydroxylation sites is 1. The van der Waals surface area contributed by atoms with E-state index < -0.39 is 5.60 Å². The molecule has 0 spiro atoms. The van der Waals surface area contributed by atoms with E-state index in [-0.39, 0.29) is 5.54 Å². The van der Waals surface area contributed by atoms with E-state index in [1.807, 2.05) is 6.92 Å². The summed E-state index contributed by atoms with van der Waals surface area (Å²) in [5, 5.41) is 13.8. The highest BCUT2D eigenvalue weighted by atomic mass is 16.3. The van der Waals surface area contributed by atoms with Gasteiger partial charge in [-0.3, -0.25) is 0 Å². The third-order valence-corrected chi connectivity index (χ3v) is 3.70. The van der Waals surface area contributed by atoms with Crippen molar-refractivity contribution in [1.82, 2.24) is 5.32 Å². The summed E-state index contributed by atoms with van der Waals surface area (Å²) in [4.78, 5) is 2.32. The van der Waals surface area contributed by atoms with Crippen molar-refractivity contribution in [3.05, 3.63) is 29.8 Å². The highest BCUT2D eigenvalue weighted by Gasteiger charge is 2.36. The molecule has 1 heterocycles. The second kappa shape index (κ2) is 4.56. The number of aryl methyl sites for hydroxylation is 1. The Kier molecular flexibility index (Phi) is 3.39. The second-order valence-corrected chi connectivity index (χ2v) is 6.29. The fraction of sp³-hybridized carbons (Fsp3) is 0.600. The van der Waals surface area contributed by atoms with Crippen LogP contribution in [-0.2, 0) is 0 Å². The van der Waals surface area contributed by atoms with Crippen LogP contribution in [0.15, 0.2) is 24.3 Å². The summed E-state index contributed by atoms with van der Waals surface area (Å²) in [5.74, 6) is 0. The molecule has 2 rings (SSSR count). The smallest absolute Gasteiger partial charge is 0.0917 e. The number of anilines is 1. The molecular weight excluding hydrogens is 224 g/mol. The summed E-state index contributed by atoms with van der Waals surface area (Å²) in [5.41, 5.74) is 1.76. The number of β-amino-alcohol motifs (C(OH)–C–C–N with tert-alkyl or cyclic N) is 1. The van der Waals surface area contributed by atoms with Crippen molar-refractivity contribution in [1.29, 1.82) is 0 Å². The Morgan fingerprint density at radius 3 is 2.50 bits per heavy atom. The first-order chi connectivity index (χ1) is 8.32. The van der Waals surface area contributed by atoms with Crippen LogP contribution in [0.25, 0.3) is 0 Å². The van der Waals surface area contributed by atoms with E-state index in [1.165, 1.54) is 11.3 Å². The van der Waals surface area contributed by atoms with E-state index in [9.17, 15) is 5.11 Å². The standard InChI is InChI=1S/C15H24N2O/c1-12-7-5-6-8-13(12)17-11-15(4,18)10-16-9-14(17,2)3/h5-8,16,18H,9-11H2,1-4H3. The number of rotatable bonds is 1. The lowest BCUT2D eigenvalue weighted by atomic mass is 9.98. The fourth-order valence-corrected chi connectivity index (χ4v) is 2.62. The molecule has 3 nitrogen and oxygen atoms in total. The Labute approximate surface area is 110 Å². The zero-order valence-corrected chi connectivity index (χ0v) is 11.8. The highest BCUT2D eigenvalue weighted by molar-refractivity contribution is 5.55. The molecule has 1 saturated heterocycles. The Morgan fingerprint density at radius 2 is 1.83 bits per heavy atom. The Balaban J connectivity index is 2.41. The lowest BCUT2D eigenvalue weighted by Crippen LogP contribution is -2.51. The van der Waals surface area contributed by atoms with Gasteiger partial charge in [-0.2, -0.15) is 0 Å². The molecule has 0 amide bonds. The van der Waals surface area contributed by atoms with Crippen LogP contribution in [0.1, 0.15) is 26.3 Å². The average molecular weight is 248 g/mol. The van der Waals surface area contributed by atoms with Crippen molar-refractivity contribution in [2.75, 3.05) is 24.5 Å². The van der Waals surface area contributed by atoms with E-state index in [4.69, 9.17) is 0 Å². The van der Waals surface area contributed by atoms with Gasteiger partial charge in [0, 0.05) is 30.9 Å². The minimum Gasteiger partial charge on any atom is -0.387 e. The van der Waals surface area contributed by atoms with Crippen molar-refractivity contribution < 1.29 is 5.11 Å². The SMILES string of the molecule is Cc1ccccc1N1CC(C)(O)CNCC1(C)C. The first-order valence-corrected chi connectivity index (χ1v) is 6.58. The Hall–Kier alpha value is -1.06. The first kappa shape index (κ1) is 13.4. The maximum atomic E-state index is 10.4. The minimum absolute atomic E-state index is 0.00734. The molecule has 2 N–H and O–H groups in total. The van der Waals surface area contributed by atoms with Crippen LogP contribution in [0.4, 0.5) is 5.69 Å². The fourth-order valence-electron chi connectivity index (χ4n) is 2.62. The molecule has 1 aromatic carbocycles. The van der Waals surface area contributed by atoms with E-state index in [0.717, 1.165) is 6.54 Å². The van der Waals surface area contributed by atoms with E-state index >= 15 is 0 Å². The first-order valence-electron chi connectivity index (χ1n) is 6.58. The van der Waals surface area contributed by atoms with Crippen molar-refractivity contribution >= 4 is 5.69 Å². The number of benzene rings is 1. The maximum Gasteiger partial charge on any atom is 0.0917 e. The van der Waals surface area contributed by atoms with Gasteiger partial charge in [0.15, 0.2) is 0 Å². The lowest BCUT2D eigenvalue weighted by molar-refractivity contribution is 0.0720. The molecule has 1 aromatic rings. The van der Waals surface area contributed by atoms with Crippen molar-refractivity contribution in [3.8, 4) is 0 Å². The van der Waals surface area contributed by atoms with Crippen LogP contribution in [0.2, 0.25) is 0 Å². The van der Waals surface area contributed by atoms with E-state index in [1.54, 1.807) is 0 Å². The van der Waals surface area contributed by atoms with Crippen LogP contribution in [0.3, 0.4) is 0 Å². The molecule has 1 unspecified atom stereocenters. The molecule has 0 radical (unpaired) electrons. The molecule has 1 atom stereocenters.